The zero-order valence-electron chi connectivity index (χ0n) is 20.6. The van der Waals surface area contributed by atoms with Crippen molar-refractivity contribution in [2.75, 3.05) is 56.5 Å². The number of aryl methyl sites for hydroxylation is 1. The van der Waals surface area contributed by atoms with E-state index in [1.807, 2.05) is 21.4 Å². The summed E-state index contributed by atoms with van der Waals surface area (Å²) >= 11 is 1.51. The highest BCUT2D eigenvalue weighted by atomic mass is 32.1. The predicted octanol–water partition coefficient (Wildman–Crippen LogP) is 3.58. The molecule has 178 valence electrons. The number of aromatic nitrogens is 3. The van der Waals surface area contributed by atoms with E-state index in [-0.39, 0.29) is 11.4 Å². The Morgan fingerprint density at radius 3 is 2.58 bits per heavy atom. The molecule has 1 fully saturated rings. The fourth-order valence-corrected chi connectivity index (χ4v) is 4.90. The van der Waals surface area contributed by atoms with Crippen LogP contribution in [-0.4, -0.2) is 82.2 Å². The van der Waals surface area contributed by atoms with Gasteiger partial charge in [0.2, 0.25) is 16.0 Å². The second-order valence-corrected chi connectivity index (χ2v) is 10.7. The lowest BCUT2D eigenvalue weighted by Crippen LogP contribution is -2.50. The van der Waals surface area contributed by atoms with Crippen molar-refractivity contribution in [3.05, 3.63) is 29.8 Å². The third-order valence-electron chi connectivity index (χ3n) is 5.85. The Balaban J connectivity index is 1.58. The Morgan fingerprint density at radius 1 is 1.21 bits per heavy atom. The number of carbonyl (C=O) groups is 1. The molecular weight excluding hydrogens is 434 g/mol. The van der Waals surface area contributed by atoms with E-state index in [0.717, 1.165) is 59.9 Å². The Labute approximate surface area is 200 Å². The van der Waals surface area contributed by atoms with Crippen molar-refractivity contribution < 1.29 is 4.79 Å². The first-order valence-corrected chi connectivity index (χ1v) is 12.4. The Bertz CT molecular complexity index is 1120. The molecule has 0 atom stereocenters. The number of likely N-dealkylation sites (N-methyl/N-ethyl adjacent to an activating group) is 2. The third-order valence-corrected chi connectivity index (χ3v) is 6.87. The zero-order chi connectivity index (χ0) is 23.8. The minimum Gasteiger partial charge on any atom is -0.364 e. The molecule has 1 aliphatic heterocycles. The summed E-state index contributed by atoms with van der Waals surface area (Å²) in [5, 5.41) is 9.22. The second kappa shape index (κ2) is 9.30. The van der Waals surface area contributed by atoms with Crippen molar-refractivity contribution in [3.8, 4) is 11.3 Å². The molecule has 0 spiro atoms. The first-order valence-electron chi connectivity index (χ1n) is 11.6. The lowest BCUT2D eigenvalue weighted by molar-refractivity contribution is -0.131. The van der Waals surface area contributed by atoms with Crippen molar-refractivity contribution in [1.82, 2.24) is 24.4 Å². The molecule has 0 bridgehead atoms. The van der Waals surface area contributed by atoms with Gasteiger partial charge in [0.15, 0.2) is 5.82 Å². The molecule has 1 amide bonds. The molecule has 1 N–H and O–H groups in total. The summed E-state index contributed by atoms with van der Waals surface area (Å²) in [6.45, 7) is 15.5. The third kappa shape index (κ3) is 5.30. The van der Waals surface area contributed by atoms with Gasteiger partial charge in [-0.2, -0.15) is 4.52 Å². The van der Waals surface area contributed by atoms with E-state index in [2.05, 4.69) is 69.1 Å². The molecular formula is C24H35N7OS. The topological polar surface area (TPSA) is 69.0 Å². The van der Waals surface area contributed by atoms with Crippen LogP contribution in [0.15, 0.2) is 24.3 Å². The number of anilines is 2. The maximum absolute atomic E-state index is 12.9. The summed E-state index contributed by atoms with van der Waals surface area (Å²) in [7, 11) is 1.93. The normalized spacial score (nSPS) is 15.3. The lowest BCUT2D eigenvalue weighted by Gasteiger charge is -2.34. The molecule has 8 nitrogen and oxygen atoms in total. The van der Waals surface area contributed by atoms with Crippen LogP contribution in [0.1, 0.15) is 33.3 Å². The van der Waals surface area contributed by atoms with E-state index >= 15 is 0 Å². The van der Waals surface area contributed by atoms with Crippen LogP contribution in [-0.2, 0) is 4.79 Å². The molecule has 9 heteroatoms. The van der Waals surface area contributed by atoms with Gasteiger partial charge in [-0.1, -0.05) is 42.0 Å². The summed E-state index contributed by atoms with van der Waals surface area (Å²) in [5.74, 6) is 1.02. The molecule has 1 aromatic carbocycles. The van der Waals surface area contributed by atoms with Gasteiger partial charge in [0, 0.05) is 44.3 Å². The predicted molar refractivity (Wildman–Crippen MR) is 136 cm³/mol. The summed E-state index contributed by atoms with van der Waals surface area (Å²) in [6.07, 6.45) is 0. The van der Waals surface area contributed by atoms with Gasteiger partial charge in [0.05, 0.1) is 6.54 Å². The van der Waals surface area contributed by atoms with E-state index in [9.17, 15) is 4.79 Å². The van der Waals surface area contributed by atoms with Crippen molar-refractivity contribution in [2.24, 2.45) is 0 Å². The minimum atomic E-state index is -0.152. The van der Waals surface area contributed by atoms with Crippen LogP contribution < -0.4 is 10.2 Å². The fraction of sp³-hybridized carbons (Fsp3) is 0.542. The van der Waals surface area contributed by atoms with E-state index in [4.69, 9.17) is 10.1 Å². The number of piperazine rings is 1. The highest BCUT2D eigenvalue weighted by molar-refractivity contribution is 7.20. The number of carbonyl (C=O) groups excluding carboxylic acids is 1. The highest BCUT2D eigenvalue weighted by Gasteiger charge is 2.25. The van der Waals surface area contributed by atoms with Gasteiger partial charge in [0.25, 0.3) is 0 Å². The number of nitrogens with zero attached hydrogens (tertiary/aromatic N) is 6. The maximum Gasteiger partial charge on any atom is 0.242 e. The first kappa shape index (κ1) is 23.5. The minimum absolute atomic E-state index is 0.148. The molecule has 0 radical (unpaired) electrons. The molecule has 4 rings (SSSR count). The van der Waals surface area contributed by atoms with E-state index in [1.165, 1.54) is 16.9 Å². The fourth-order valence-electron chi connectivity index (χ4n) is 4.04. The van der Waals surface area contributed by atoms with E-state index < -0.39 is 0 Å². The molecule has 3 heterocycles. The Kier molecular flexibility index (Phi) is 6.63. The molecule has 3 aromatic rings. The quantitative estimate of drug-likeness (QED) is 0.595. The molecule has 0 saturated carbocycles. The van der Waals surface area contributed by atoms with Crippen molar-refractivity contribution in [2.45, 2.75) is 40.2 Å². The van der Waals surface area contributed by atoms with Crippen LogP contribution in [0.25, 0.3) is 16.2 Å². The van der Waals surface area contributed by atoms with Gasteiger partial charge in [-0.15, -0.1) is 5.10 Å². The number of hydrogen-bond acceptors (Lipinski definition) is 7. The molecule has 0 aliphatic carbocycles. The molecule has 2 aromatic heterocycles. The van der Waals surface area contributed by atoms with Gasteiger partial charge in [-0.05, 0) is 40.3 Å². The smallest absolute Gasteiger partial charge is 0.242 e. The maximum atomic E-state index is 12.9. The monoisotopic (exact) mass is 469 g/mol. The van der Waals surface area contributed by atoms with Gasteiger partial charge in [-0.3, -0.25) is 4.79 Å². The summed E-state index contributed by atoms with van der Waals surface area (Å²) in [4.78, 5) is 24.9. The van der Waals surface area contributed by atoms with Crippen LogP contribution in [0.5, 0.6) is 0 Å². The van der Waals surface area contributed by atoms with Crippen molar-refractivity contribution in [1.29, 1.82) is 0 Å². The number of nitrogens with one attached hydrogen (secondary N) is 1. The molecule has 33 heavy (non-hydrogen) atoms. The first-order chi connectivity index (χ1) is 15.6. The van der Waals surface area contributed by atoms with Gasteiger partial charge < -0.3 is 20.0 Å². The SMILES string of the molecule is CCN1CCN(C(=O)CN(C)c2nn3c(NC(C)(C)C)c(-c4cccc(C)c4)nc3s2)CC1. The summed E-state index contributed by atoms with van der Waals surface area (Å²) in [5.41, 5.74) is 3.00. The zero-order valence-corrected chi connectivity index (χ0v) is 21.4. The number of amides is 1. The Morgan fingerprint density at radius 2 is 1.94 bits per heavy atom. The average molecular weight is 470 g/mol. The largest absolute Gasteiger partial charge is 0.364 e. The van der Waals surface area contributed by atoms with E-state index in [0.29, 0.717) is 6.54 Å². The highest BCUT2D eigenvalue weighted by Crippen LogP contribution is 2.34. The number of fused-ring (bicyclic) bond motifs is 1. The summed E-state index contributed by atoms with van der Waals surface area (Å²) in [6, 6.07) is 8.36. The molecule has 0 unspecified atom stereocenters. The number of imidazole rings is 1. The van der Waals surface area contributed by atoms with Crippen molar-refractivity contribution in [3.63, 3.8) is 0 Å². The summed E-state index contributed by atoms with van der Waals surface area (Å²) < 4.78 is 1.88. The van der Waals surface area contributed by atoms with Crippen LogP contribution in [0.4, 0.5) is 10.9 Å². The van der Waals surface area contributed by atoms with Gasteiger partial charge in [-0.25, -0.2) is 4.98 Å². The standard InChI is InChI=1S/C24H35N7OS/c1-7-29-11-13-30(14-12-29)19(32)16-28(6)23-27-31-21(26-24(3,4)5)20(25-22(31)33-23)18-10-8-9-17(2)15-18/h8-10,15,26H,7,11-14,16H2,1-6H3. The van der Waals surface area contributed by atoms with E-state index in [1.54, 1.807) is 0 Å². The van der Waals surface area contributed by atoms with Crippen LogP contribution >= 0.6 is 11.3 Å². The Hall–Kier alpha value is -2.65. The molecule has 1 aliphatic rings. The number of hydrogen-bond donors (Lipinski definition) is 1. The van der Waals surface area contributed by atoms with Gasteiger partial charge >= 0.3 is 0 Å². The van der Waals surface area contributed by atoms with Crippen LogP contribution in [0.2, 0.25) is 0 Å². The van der Waals surface area contributed by atoms with Crippen molar-refractivity contribution >= 4 is 33.2 Å². The van der Waals surface area contributed by atoms with Crippen LogP contribution in [0, 0.1) is 6.92 Å². The average Bonchev–Trinajstić information content (AvgIpc) is 3.32. The molecule has 1 saturated heterocycles. The number of benzene rings is 1. The lowest BCUT2D eigenvalue weighted by atomic mass is 10.1. The second-order valence-electron chi connectivity index (χ2n) is 9.80. The van der Waals surface area contributed by atoms with Gasteiger partial charge in [0.1, 0.15) is 5.69 Å². The van der Waals surface area contributed by atoms with Crippen LogP contribution in [0.3, 0.4) is 0 Å². The number of rotatable bonds is 6.